The van der Waals surface area contributed by atoms with Crippen molar-refractivity contribution in [3.05, 3.63) is 29.8 Å². The van der Waals surface area contributed by atoms with Gasteiger partial charge in [0.05, 0.1) is 20.3 Å². The third-order valence-corrected chi connectivity index (χ3v) is 3.35. The maximum Gasteiger partial charge on any atom is 0.193 e. The number of benzene rings is 1. The summed E-state index contributed by atoms with van der Waals surface area (Å²) >= 11 is 0. The molecule has 0 aliphatic carbocycles. The van der Waals surface area contributed by atoms with Gasteiger partial charge < -0.3 is 24.4 Å². The van der Waals surface area contributed by atoms with E-state index >= 15 is 0 Å². The second kappa shape index (κ2) is 11.7. The molecule has 0 heterocycles. The summed E-state index contributed by atoms with van der Waals surface area (Å²) in [6.07, 6.45) is 0.922. The second-order valence-electron chi connectivity index (χ2n) is 5.10. The van der Waals surface area contributed by atoms with Crippen LogP contribution in [0.4, 0.5) is 0 Å². The van der Waals surface area contributed by atoms with Gasteiger partial charge in [-0.05, 0) is 12.5 Å². The van der Waals surface area contributed by atoms with E-state index < -0.39 is 0 Å². The molecule has 0 bridgehead atoms. The molecule has 6 nitrogen and oxygen atoms in total. The summed E-state index contributed by atoms with van der Waals surface area (Å²) in [6, 6.07) is 8.02. The van der Waals surface area contributed by atoms with Gasteiger partial charge in [-0.3, -0.25) is 4.99 Å². The van der Waals surface area contributed by atoms with Crippen LogP contribution in [0.1, 0.15) is 12.0 Å². The second-order valence-corrected chi connectivity index (χ2v) is 5.10. The zero-order valence-electron chi connectivity index (χ0n) is 14.7. The molecular weight excluding hydrogens is 294 g/mol. The maximum absolute atomic E-state index is 5.44. The molecule has 0 spiro atoms. The fourth-order valence-corrected chi connectivity index (χ4v) is 2.17. The highest BCUT2D eigenvalue weighted by Gasteiger charge is 2.09. The van der Waals surface area contributed by atoms with Gasteiger partial charge in [-0.25, -0.2) is 0 Å². The zero-order chi connectivity index (χ0) is 16.9. The van der Waals surface area contributed by atoms with E-state index in [1.54, 1.807) is 21.3 Å². The van der Waals surface area contributed by atoms with E-state index in [0.29, 0.717) is 19.8 Å². The van der Waals surface area contributed by atoms with Crippen molar-refractivity contribution < 1.29 is 14.2 Å². The molecule has 1 aromatic carbocycles. The van der Waals surface area contributed by atoms with Crippen LogP contribution in [0.2, 0.25) is 0 Å². The molecule has 0 aliphatic rings. The van der Waals surface area contributed by atoms with Crippen molar-refractivity contribution in [1.82, 2.24) is 10.2 Å². The van der Waals surface area contributed by atoms with Crippen LogP contribution in [-0.4, -0.2) is 65.5 Å². The number of aliphatic imine (C=N–C) groups is 1. The van der Waals surface area contributed by atoms with Gasteiger partial charge in [0.15, 0.2) is 5.96 Å². The molecule has 0 radical (unpaired) electrons. The lowest BCUT2D eigenvalue weighted by Crippen LogP contribution is -2.39. The smallest absolute Gasteiger partial charge is 0.193 e. The van der Waals surface area contributed by atoms with E-state index in [-0.39, 0.29) is 0 Å². The number of para-hydroxylation sites is 1. The predicted octanol–water partition coefficient (Wildman–Crippen LogP) is 1.76. The fourth-order valence-electron chi connectivity index (χ4n) is 2.17. The van der Waals surface area contributed by atoms with Crippen molar-refractivity contribution >= 4 is 5.96 Å². The minimum Gasteiger partial charge on any atom is -0.496 e. The molecule has 0 unspecified atom stereocenters. The largest absolute Gasteiger partial charge is 0.496 e. The van der Waals surface area contributed by atoms with Gasteiger partial charge in [0.25, 0.3) is 0 Å². The molecule has 0 saturated heterocycles. The molecule has 6 heteroatoms. The van der Waals surface area contributed by atoms with Crippen molar-refractivity contribution in [3.8, 4) is 5.75 Å². The minimum absolute atomic E-state index is 0.636. The van der Waals surface area contributed by atoms with Gasteiger partial charge >= 0.3 is 0 Å². The van der Waals surface area contributed by atoms with Crippen LogP contribution in [0.15, 0.2) is 29.3 Å². The van der Waals surface area contributed by atoms with E-state index in [0.717, 1.165) is 36.8 Å². The summed E-state index contributed by atoms with van der Waals surface area (Å²) in [7, 11) is 7.16. The molecule has 130 valence electrons. The topological polar surface area (TPSA) is 55.3 Å². The number of guanidine groups is 1. The Balaban J connectivity index is 2.36. The average molecular weight is 323 g/mol. The summed E-state index contributed by atoms with van der Waals surface area (Å²) in [4.78, 5) is 6.39. The van der Waals surface area contributed by atoms with Crippen LogP contribution < -0.4 is 10.1 Å². The van der Waals surface area contributed by atoms with Crippen LogP contribution in [0.25, 0.3) is 0 Å². The van der Waals surface area contributed by atoms with E-state index in [1.807, 2.05) is 25.2 Å². The van der Waals surface area contributed by atoms with Crippen LogP contribution in [0, 0.1) is 0 Å². The highest BCUT2D eigenvalue weighted by molar-refractivity contribution is 5.79. The minimum atomic E-state index is 0.636. The Morgan fingerprint density at radius 1 is 1.17 bits per heavy atom. The Hall–Kier alpha value is -1.79. The zero-order valence-corrected chi connectivity index (χ0v) is 14.7. The van der Waals surface area contributed by atoms with Gasteiger partial charge in [-0.2, -0.15) is 0 Å². The molecule has 0 atom stereocenters. The van der Waals surface area contributed by atoms with Gasteiger partial charge in [-0.15, -0.1) is 0 Å². The number of hydrogen-bond acceptors (Lipinski definition) is 4. The number of nitrogens with zero attached hydrogens (tertiary/aromatic N) is 2. The van der Waals surface area contributed by atoms with Crippen molar-refractivity contribution in [2.24, 2.45) is 4.99 Å². The molecule has 0 fully saturated rings. The Kier molecular flexibility index (Phi) is 9.83. The number of methoxy groups -OCH3 is 2. The molecule has 23 heavy (non-hydrogen) atoms. The summed E-state index contributed by atoms with van der Waals surface area (Å²) in [6.45, 7) is 3.53. The Morgan fingerprint density at radius 2 is 1.96 bits per heavy atom. The van der Waals surface area contributed by atoms with Gasteiger partial charge in [0, 0.05) is 46.5 Å². The summed E-state index contributed by atoms with van der Waals surface area (Å²) in [5, 5.41) is 3.34. The highest BCUT2D eigenvalue weighted by atomic mass is 16.5. The summed E-state index contributed by atoms with van der Waals surface area (Å²) in [5.74, 6) is 1.74. The first kappa shape index (κ1) is 19.3. The van der Waals surface area contributed by atoms with E-state index in [1.165, 1.54) is 0 Å². The Morgan fingerprint density at radius 3 is 2.65 bits per heavy atom. The fraction of sp³-hybridized carbons (Fsp3) is 0.588. The molecule has 0 aliphatic heterocycles. The number of rotatable bonds is 10. The third-order valence-electron chi connectivity index (χ3n) is 3.35. The maximum atomic E-state index is 5.44. The molecule has 1 aromatic rings. The highest BCUT2D eigenvalue weighted by Crippen LogP contribution is 2.18. The molecule has 0 saturated carbocycles. The van der Waals surface area contributed by atoms with Gasteiger partial charge in [-0.1, -0.05) is 18.2 Å². The first-order valence-electron chi connectivity index (χ1n) is 7.83. The first-order chi connectivity index (χ1) is 11.2. The first-order valence-corrected chi connectivity index (χ1v) is 7.83. The van der Waals surface area contributed by atoms with Crippen LogP contribution in [0.3, 0.4) is 0 Å². The quantitative estimate of drug-likeness (QED) is 0.404. The van der Waals surface area contributed by atoms with Crippen molar-refractivity contribution in [3.63, 3.8) is 0 Å². The molecule has 1 N–H and O–H groups in total. The molecule has 0 aromatic heterocycles. The Bertz CT molecular complexity index is 466. The van der Waals surface area contributed by atoms with E-state index in [9.17, 15) is 0 Å². The standard InChI is InChI=1S/C17H29N3O3/c1-18-17(19-10-7-11-23-13-12-21-3)20(2)14-15-8-5-6-9-16(15)22-4/h5-6,8-9H,7,10-14H2,1-4H3,(H,18,19). The lowest BCUT2D eigenvalue weighted by atomic mass is 10.2. The van der Waals surface area contributed by atoms with Gasteiger partial charge in [0.1, 0.15) is 5.75 Å². The normalized spacial score (nSPS) is 11.4. The summed E-state index contributed by atoms with van der Waals surface area (Å²) in [5.41, 5.74) is 1.13. The number of nitrogens with one attached hydrogen (secondary N) is 1. The molecule has 0 amide bonds. The van der Waals surface area contributed by atoms with Crippen LogP contribution >= 0.6 is 0 Å². The number of ether oxygens (including phenoxy) is 3. The average Bonchev–Trinajstić information content (AvgIpc) is 2.57. The lowest BCUT2D eigenvalue weighted by Gasteiger charge is -2.23. The molecule has 1 rings (SSSR count). The Labute approximate surface area is 139 Å². The van der Waals surface area contributed by atoms with Crippen molar-refractivity contribution in [2.75, 3.05) is 54.7 Å². The van der Waals surface area contributed by atoms with Crippen LogP contribution in [0.5, 0.6) is 5.75 Å². The van der Waals surface area contributed by atoms with E-state index in [4.69, 9.17) is 14.2 Å². The van der Waals surface area contributed by atoms with Gasteiger partial charge in [0.2, 0.25) is 0 Å². The SMILES string of the molecule is CN=C(NCCCOCCOC)N(C)Cc1ccccc1OC. The van der Waals surface area contributed by atoms with Crippen molar-refractivity contribution in [1.29, 1.82) is 0 Å². The number of hydrogen-bond donors (Lipinski definition) is 1. The predicted molar refractivity (Wildman–Crippen MR) is 93.1 cm³/mol. The van der Waals surface area contributed by atoms with E-state index in [2.05, 4.69) is 21.3 Å². The summed E-state index contributed by atoms with van der Waals surface area (Å²) < 4.78 is 15.8. The van der Waals surface area contributed by atoms with Crippen LogP contribution in [-0.2, 0) is 16.0 Å². The lowest BCUT2D eigenvalue weighted by molar-refractivity contribution is 0.0698. The third kappa shape index (κ3) is 7.34. The van der Waals surface area contributed by atoms with Crippen molar-refractivity contribution in [2.45, 2.75) is 13.0 Å². The molecular formula is C17H29N3O3. The monoisotopic (exact) mass is 323 g/mol.